The highest BCUT2D eigenvalue weighted by molar-refractivity contribution is 6.16. The fourth-order valence-electron chi connectivity index (χ4n) is 6.58. The summed E-state index contributed by atoms with van der Waals surface area (Å²) >= 11 is 0. The Hall–Kier alpha value is -4.50. The van der Waals surface area contributed by atoms with E-state index in [9.17, 15) is 0 Å². The van der Waals surface area contributed by atoms with E-state index in [-0.39, 0.29) is 5.41 Å². The molecule has 1 aliphatic rings. The van der Waals surface area contributed by atoms with Gasteiger partial charge in [0.1, 0.15) is 11.8 Å². The standard InChI is InChI=1S/C33H23N3/c1-33(2)26-14-8-7-12-23(26)25-15-16-27-30(31(25)33)32-29(18-34-19-35-32)36(27)28-17-20-9-3-4-10-21(20)22-11-5-6-13-24(22)28/h3-19H,1-2H3. The van der Waals surface area contributed by atoms with Gasteiger partial charge >= 0.3 is 0 Å². The first-order valence-electron chi connectivity index (χ1n) is 12.4. The SMILES string of the molecule is CC1(C)c2ccccc2-c2ccc3c(c21)c1ncncc1n3-c1cc2ccccc2c2ccccc12. The van der Waals surface area contributed by atoms with Gasteiger partial charge < -0.3 is 4.57 Å². The summed E-state index contributed by atoms with van der Waals surface area (Å²) < 4.78 is 2.37. The van der Waals surface area contributed by atoms with E-state index in [0.29, 0.717) is 0 Å². The Morgan fingerprint density at radius 2 is 1.44 bits per heavy atom. The summed E-state index contributed by atoms with van der Waals surface area (Å²) in [5.41, 5.74) is 9.61. The Morgan fingerprint density at radius 3 is 2.33 bits per heavy atom. The highest BCUT2D eigenvalue weighted by atomic mass is 15.0. The molecule has 5 aromatic carbocycles. The number of hydrogen-bond acceptors (Lipinski definition) is 2. The fourth-order valence-corrected chi connectivity index (χ4v) is 6.58. The molecule has 7 aromatic rings. The second-order valence-corrected chi connectivity index (χ2v) is 10.3. The summed E-state index contributed by atoms with van der Waals surface area (Å²) in [7, 11) is 0. The third-order valence-electron chi connectivity index (χ3n) is 8.10. The maximum absolute atomic E-state index is 4.87. The van der Waals surface area contributed by atoms with Gasteiger partial charge in [-0.3, -0.25) is 0 Å². The van der Waals surface area contributed by atoms with Crippen molar-refractivity contribution >= 4 is 43.5 Å². The summed E-state index contributed by atoms with van der Waals surface area (Å²) in [5.74, 6) is 0. The second-order valence-electron chi connectivity index (χ2n) is 10.3. The van der Waals surface area contributed by atoms with Crippen molar-refractivity contribution in [3.05, 3.63) is 115 Å². The molecular formula is C33H23N3. The zero-order chi connectivity index (χ0) is 24.0. The zero-order valence-corrected chi connectivity index (χ0v) is 20.2. The molecule has 0 atom stereocenters. The molecular weight excluding hydrogens is 438 g/mol. The minimum absolute atomic E-state index is 0.124. The minimum atomic E-state index is -0.124. The quantitative estimate of drug-likeness (QED) is 0.231. The van der Waals surface area contributed by atoms with Gasteiger partial charge in [0.25, 0.3) is 0 Å². The molecule has 0 amide bonds. The van der Waals surface area contributed by atoms with Crippen LogP contribution in [0.25, 0.3) is 60.3 Å². The van der Waals surface area contributed by atoms with E-state index in [2.05, 4.69) is 114 Å². The molecule has 36 heavy (non-hydrogen) atoms. The van der Waals surface area contributed by atoms with Crippen molar-refractivity contribution < 1.29 is 0 Å². The Labute approximate surface area is 208 Å². The Morgan fingerprint density at radius 1 is 0.694 bits per heavy atom. The molecule has 0 saturated carbocycles. The molecule has 3 heteroatoms. The van der Waals surface area contributed by atoms with Crippen molar-refractivity contribution in [3.8, 4) is 16.8 Å². The molecule has 0 unspecified atom stereocenters. The lowest BCUT2D eigenvalue weighted by atomic mass is 9.81. The van der Waals surface area contributed by atoms with Crippen LogP contribution in [-0.2, 0) is 5.41 Å². The van der Waals surface area contributed by atoms with Crippen LogP contribution in [0.3, 0.4) is 0 Å². The molecule has 170 valence electrons. The van der Waals surface area contributed by atoms with Crippen LogP contribution in [0, 0.1) is 0 Å². The van der Waals surface area contributed by atoms with Gasteiger partial charge in [-0.15, -0.1) is 0 Å². The first kappa shape index (κ1) is 19.8. The molecule has 3 nitrogen and oxygen atoms in total. The number of aromatic nitrogens is 3. The summed E-state index contributed by atoms with van der Waals surface area (Å²) in [4.78, 5) is 9.35. The van der Waals surface area contributed by atoms with Gasteiger partial charge in [-0.25, -0.2) is 9.97 Å². The van der Waals surface area contributed by atoms with Crippen LogP contribution in [0.2, 0.25) is 0 Å². The molecule has 2 heterocycles. The van der Waals surface area contributed by atoms with Gasteiger partial charge in [0.15, 0.2) is 0 Å². The lowest BCUT2D eigenvalue weighted by Crippen LogP contribution is -2.15. The van der Waals surface area contributed by atoms with E-state index in [1.54, 1.807) is 6.33 Å². The monoisotopic (exact) mass is 461 g/mol. The lowest BCUT2D eigenvalue weighted by Gasteiger charge is -2.22. The van der Waals surface area contributed by atoms with Crippen LogP contribution in [0.5, 0.6) is 0 Å². The Kier molecular flexibility index (Phi) is 3.73. The van der Waals surface area contributed by atoms with E-state index in [1.807, 2.05) is 6.20 Å². The van der Waals surface area contributed by atoms with Gasteiger partial charge in [0.05, 0.1) is 22.9 Å². The smallest absolute Gasteiger partial charge is 0.116 e. The zero-order valence-electron chi connectivity index (χ0n) is 20.2. The lowest BCUT2D eigenvalue weighted by molar-refractivity contribution is 0.666. The van der Waals surface area contributed by atoms with Crippen LogP contribution in [-0.4, -0.2) is 14.5 Å². The van der Waals surface area contributed by atoms with Crippen molar-refractivity contribution in [3.63, 3.8) is 0 Å². The molecule has 0 bridgehead atoms. The molecule has 0 radical (unpaired) electrons. The van der Waals surface area contributed by atoms with Crippen molar-refractivity contribution in [2.45, 2.75) is 19.3 Å². The summed E-state index contributed by atoms with van der Waals surface area (Å²) in [6, 6.07) is 33.1. The van der Waals surface area contributed by atoms with E-state index in [4.69, 9.17) is 4.98 Å². The summed E-state index contributed by atoms with van der Waals surface area (Å²) in [6.45, 7) is 4.68. The van der Waals surface area contributed by atoms with Crippen molar-refractivity contribution in [2.75, 3.05) is 0 Å². The summed E-state index contributed by atoms with van der Waals surface area (Å²) in [5, 5.41) is 6.20. The number of fused-ring (bicyclic) bond motifs is 10. The Bertz CT molecular complexity index is 2030. The normalized spacial score (nSPS) is 14.1. The molecule has 0 fully saturated rings. The van der Waals surface area contributed by atoms with Crippen LogP contribution in [0.15, 0.2) is 104 Å². The average molecular weight is 462 g/mol. The minimum Gasteiger partial charge on any atom is -0.306 e. The van der Waals surface area contributed by atoms with E-state index >= 15 is 0 Å². The number of hydrogen-bond donors (Lipinski definition) is 0. The van der Waals surface area contributed by atoms with Crippen molar-refractivity contribution in [1.29, 1.82) is 0 Å². The number of nitrogens with zero attached hydrogens (tertiary/aromatic N) is 3. The van der Waals surface area contributed by atoms with Crippen LogP contribution < -0.4 is 0 Å². The highest BCUT2D eigenvalue weighted by Crippen LogP contribution is 2.53. The molecule has 1 aliphatic carbocycles. The molecule has 0 saturated heterocycles. The predicted octanol–water partition coefficient (Wildman–Crippen LogP) is 8.19. The highest BCUT2D eigenvalue weighted by Gasteiger charge is 2.38. The van der Waals surface area contributed by atoms with Crippen LogP contribution >= 0.6 is 0 Å². The largest absolute Gasteiger partial charge is 0.306 e. The third-order valence-corrected chi connectivity index (χ3v) is 8.10. The van der Waals surface area contributed by atoms with E-state index in [1.165, 1.54) is 54.7 Å². The van der Waals surface area contributed by atoms with Crippen LogP contribution in [0.1, 0.15) is 25.0 Å². The molecule has 2 aromatic heterocycles. The first-order valence-corrected chi connectivity index (χ1v) is 12.4. The molecule has 0 N–H and O–H groups in total. The van der Waals surface area contributed by atoms with Crippen LogP contribution in [0.4, 0.5) is 0 Å². The van der Waals surface area contributed by atoms with E-state index in [0.717, 1.165) is 16.7 Å². The average Bonchev–Trinajstić information content (AvgIpc) is 3.37. The summed E-state index contributed by atoms with van der Waals surface area (Å²) in [6.07, 6.45) is 3.65. The topological polar surface area (TPSA) is 30.7 Å². The maximum atomic E-state index is 4.87. The fraction of sp³-hybridized carbons (Fsp3) is 0.0909. The molecule has 8 rings (SSSR count). The second kappa shape index (κ2) is 6.79. The van der Waals surface area contributed by atoms with Crippen molar-refractivity contribution in [1.82, 2.24) is 14.5 Å². The first-order chi connectivity index (χ1) is 17.6. The predicted molar refractivity (Wildman–Crippen MR) is 149 cm³/mol. The van der Waals surface area contributed by atoms with Gasteiger partial charge in [-0.05, 0) is 50.5 Å². The van der Waals surface area contributed by atoms with Crippen molar-refractivity contribution in [2.24, 2.45) is 0 Å². The van der Waals surface area contributed by atoms with Gasteiger partial charge in [-0.2, -0.15) is 0 Å². The number of rotatable bonds is 1. The maximum Gasteiger partial charge on any atom is 0.116 e. The van der Waals surface area contributed by atoms with Gasteiger partial charge in [0.2, 0.25) is 0 Å². The third kappa shape index (κ3) is 2.37. The molecule has 0 spiro atoms. The van der Waals surface area contributed by atoms with Gasteiger partial charge in [0, 0.05) is 16.2 Å². The molecule has 0 aliphatic heterocycles. The van der Waals surface area contributed by atoms with E-state index < -0.39 is 0 Å². The Balaban J connectivity index is 1.58. The van der Waals surface area contributed by atoms with Gasteiger partial charge in [-0.1, -0.05) is 92.7 Å². The number of benzene rings is 5.